The Hall–Kier alpha value is -2.74. The van der Waals surface area contributed by atoms with Crippen molar-refractivity contribution in [3.05, 3.63) is 36.4 Å². The summed E-state index contributed by atoms with van der Waals surface area (Å²) >= 11 is 1.10. The number of fused-ring (bicyclic) bond motifs is 2. The first-order valence-electron chi connectivity index (χ1n) is 10.3. The van der Waals surface area contributed by atoms with Gasteiger partial charge in [0.1, 0.15) is 19.3 Å². The molecule has 0 aliphatic carbocycles. The van der Waals surface area contributed by atoms with E-state index in [2.05, 4.69) is 15.0 Å². The minimum Gasteiger partial charge on any atom is -0.486 e. The third-order valence-electron chi connectivity index (χ3n) is 5.07. The quantitative estimate of drug-likeness (QED) is 0.479. The van der Waals surface area contributed by atoms with Crippen molar-refractivity contribution in [2.75, 3.05) is 24.8 Å². The molecule has 0 spiro atoms. The van der Waals surface area contributed by atoms with E-state index in [4.69, 9.17) is 9.47 Å². The third kappa shape index (κ3) is 5.17. The number of hydrogen-bond acceptors (Lipinski definition) is 9. The summed E-state index contributed by atoms with van der Waals surface area (Å²) in [4.78, 5) is 17.4. The molecule has 13 heteroatoms. The van der Waals surface area contributed by atoms with E-state index in [0.717, 1.165) is 17.6 Å². The van der Waals surface area contributed by atoms with Crippen LogP contribution in [0.1, 0.15) is 13.8 Å². The summed E-state index contributed by atoms with van der Waals surface area (Å²) in [5.41, 5.74) is 0.519. The number of amides is 1. The summed E-state index contributed by atoms with van der Waals surface area (Å²) < 4.78 is 63.5. The van der Waals surface area contributed by atoms with Gasteiger partial charge in [0.15, 0.2) is 26.5 Å². The fourth-order valence-corrected chi connectivity index (χ4v) is 6.28. The fraction of sp³-hybridized carbons (Fsp3) is 0.333. The molecule has 1 atom stereocenters. The predicted molar refractivity (Wildman–Crippen MR) is 128 cm³/mol. The van der Waals surface area contributed by atoms with Crippen molar-refractivity contribution < 1.29 is 31.1 Å². The van der Waals surface area contributed by atoms with Gasteiger partial charge in [-0.1, -0.05) is 25.2 Å². The van der Waals surface area contributed by atoms with Gasteiger partial charge in [0.25, 0.3) is 0 Å². The normalized spacial score (nSPS) is 14.8. The lowest BCUT2D eigenvalue weighted by molar-refractivity contribution is -0.118. The topological polar surface area (TPSA) is 141 Å². The standard InChI is InChI=1S/C21H23N3O7S3/c1-12(2)19(24-34(28,29)14-5-7-16-17(10-14)31-9-8-30-16)20(25)23-21-22-15-6-4-13(33(3,26)27)11-18(15)32-21/h4-7,10-12,19,24H,8-9H2,1-3H3,(H,22,23,25)/t19-/m1/s1. The molecule has 2 heterocycles. The molecule has 0 radical (unpaired) electrons. The summed E-state index contributed by atoms with van der Waals surface area (Å²) in [5.74, 6) is -0.183. The highest BCUT2D eigenvalue weighted by molar-refractivity contribution is 7.90. The van der Waals surface area contributed by atoms with E-state index in [9.17, 15) is 21.6 Å². The molecule has 3 aromatic rings. The fourth-order valence-electron chi connectivity index (χ4n) is 3.29. The van der Waals surface area contributed by atoms with E-state index >= 15 is 0 Å². The van der Waals surface area contributed by atoms with Crippen LogP contribution in [0.3, 0.4) is 0 Å². The molecule has 1 amide bonds. The number of hydrogen-bond donors (Lipinski definition) is 2. The SMILES string of the molecule is CC(C)[C@@H](NS(=O)(=O)c1ccc2c(c1)OCCO2)C(=O)Nc1nc2ccc(S(C)(=O)=O)cc2s1. The number of nitrogens with zero attached hydrogens (tertiary/aromatic N) is 1. The molecule has 1 aromatic heterocycles. The Kier molecular flexibility index (Phi) is 6.55. The van der Waals surface area contributed by atoms with Crippen LogP contribution >= 0.6 is 11.3 Å². The van der Waals surface area contributed by atoms with E-state index in [1.54, 1.807) is 19.9 Å². The van der Waals surface area contributed by atoms with E-state index in [1.807, 2.05) is 0 Å². The van der Waals surface area contributed by atoms with Crippen LogP contribution < -0.4 is 19.5 Å². The monoisotopic (exact) mass is 525 g/mol. The Bertz CT molecular complexity index is 1460. The van der Waals surface area contributed by atoms with Crippen molar-refractivity contribution in [1.29, 1.82) is 0 Å². The van der Waals surface area contributed by atoms with E-state index < -0.39 is 31.8 Å². The molecule has 0 saturated carbocycles. The molecular weight excluding hydrogens is 502 g/mol. The van der Waals surface area contributed by atoms with Crippen LogP contribution in [0.25, 0.3) is 10.2 Å². The number of anilines is 1. The number of aromatic nitrogens is 1. The third-order valence-corrected chi connectivity index (χ3v) is 8.56. The second-order valence-corrected chi connectivity index (χ2v) is 12.8. The van der Waals surface area contributed by atoms with E-state index in [0.29, 0.717) is 34.9 Å². The van der Waals surface area contributed by atoms with Gasteiger partial charge < -0.3 is 14.8 Å². The van der Waals surface area contributed by atoms with Gasteiger partial charge in [0.2, 0.25) is 15.9 Å². The molecule has 1 aliphatic heterocycles. The zero-order valence-electron chi connectivity index (χ0n) is 18.6. The van der Waals surface area contributed by atoms with Crippen molar-refractivity contribution in [3.63, 3.8) is 0 Å². The van der Waals surface area contributed by atoms with Crippen molar-refractivity contribution in [2.24, 2.45) is 5.92 Å². The Morgan fingerprint density at radius 2 is 1.68 bits per heavy atom. The number of carbonyl (C=O) groups is 1. The second kappa shape index (κ2) is 9.13. The molecule has 4 rings (SSSR count). The average molecular weight is 526 g/mol. The number of nitrogens with one attached hydrogen (secondary N) is 2. The van der Waals surface area contributed by atoms with Crippen LogP contribution in [0.2, 0.25) is 0 Å². The Balaban J connectivity index is 1.55. The van der Waals surface area contributed by atoms with Crippen molar-refractivity contribution in [2.45, 2.75) is 29.7 Å². The molecule has 1 aliphatic rings. The first-order chi connectivity index (χ1) is 15.9. The highest BCUT2D eigenvalue weighted by Gasteiger charge is 2.30. The van der Waals surface area contributed by atoms with Gasteiger partial charge in [-0.05, 0) is 36.2 Å². The summed E-state index contributed by atoms with van der Waals surface area (Å²) in [6, 6.07) is 7.67. The van der Waals surface area contributed by atoms with Gasteiger partial charge in [-0.25, -0.2) is 21.8 Å². The lowest BCUT2D eigenvalue weighted by Gasteiger charge is -2.22. The smallest absolute Gasteiger partial charge is 0.244 e. The zero-order valence-corrected chi connectivity index (χ0v) is 21.0. The number of rotatable bonds is 7. The van der Waals surface area contributed by atoms with Gasteiger partial charge in [-0.2, -0.15) is 4.72 Å². The predicted octanol–water partition coefficient (Wildman–Crippen LogP) is 2.41. The van der Waals surface area contributed by atoms with E-state index in [-0.39, 0.29) is 20.8 Å². The Morgan fingerprint density at radius 1 is 1.00 bits per heavy atom. The Morgan fingerprint density at radius 3 is 2.35 bits per heavy atom. The molecule has 2 N–H and O–H groups in total. The van der Waals surface area contributed by atoms with Crippen LogP contribution in [0.4, 0.5) is 5.13 Å². The summed E-state index contributed by atoms with van der Waals surface area (Å²) in [6.45, 7) is 4.13. The number of thiazole rings is 1. The maximum Gasteiger partial charge on any atom is 0.244 e. The average Bonchev–Trinajstić information content (AvgIpc) is 3.17. The maximum absolute atomic E-state index is 13.0. The van der Waals surface area contributed by atoms with Gasteiger partial charge in [-0.3, -0.25) is 4.79 Å². The minimum absolute atomic E-state index is 0.0523. The number of sulfonamides is 1. The van der Waals surface area contributed by atoms with Gasteiger partial charge in [0.05, 0.1) is 20.0 Å². The first kappa shape index (κ1) is 24.4. The first-order valence-corrected chi connectivity index (χ1v) is 14.5. The summed E-state index contributed by atoms with van der Waals surface area (Å²) in [5, 5.41) is 2.87. The van der Waals surface area contributed by atoms with Crippen molar-refractivity contribution in [3.8, 4) is 11.5 Å². The number of carbonyl (C=O) groups excluding carboxylic acids is 1. The molecule has 0 fully saturated rings. The van der Waals surface area contributed by atoms with Crippen molar-refractivity contribution >= 4 is 52.5 Å². The molecule has 34 heavy (non-hydrogen) atoms. The summed E-state index contributed by atoms with van der Waals surface area (Å²) in [6.07, 6.45) is 1.11. The second-order valence-electron chi connectivity index (χ2n) is 8.06. The molecule has 10 nitrogen and oxygen atoms in total. The van der Waals surface area contributed by atoms with Crippen LogP contribution in [0.5, 0.6) is 11.5 Å². The molecule has 182 valence electrons. The molecule has 0 bridgehead atoms. The molecular formula is C21H23N3O7S3. The highest BCUT2D eigenvalue weighted by Crippen LogP contribution is 2.32. The van der Waals surface area contributed by atoms with Crippen LogP contribution in [-0.4, -0.2) is 53.2 Å². The lowest BCUT2D eigenvalue weighted by atomic mass is 10.1. The number of ether oxygens (including phenoxy) is 2. The number of sulfone groups is 1. The summed E-state index contributed by atoms with van der Waals surface area (Å²) in [7, 11) is -7.44. The highest BCUT2D eigenvalue weighted by atomic mass is 32.2. The van der Waals surface area contributed by atoms with Crippen LogP contribution in [0.15, 0.2) is 46.2 Å². The molecule has 0 saturated heterocycles. The minimum atomic E-state index is -4.05. The molecule has 0 unspecified atom stereocenters. The van der Waals surface area contributed by atoms with Gasteiger partial charge in [0, 0.05) is 12.3 Å². The van der Waals surface area contributed by atoms with Crippen LogP contribution in [-0.2, 0) is 24.7 Å². The van der Waals surface area contributed by atoms with E-state index in [1.165, 1.54) is 30.3 Å². The van der Waals surface area contributed by atoms with Gasteiger partial charge in [-0.15, -0.1) is 0 Å². The van der Waals surface area contributed by atoms with Crippen LogP contribution in [0, 0.1) is 5.92 Å². The van der Waals surface area contributed by atoms with Crippen molar-refractivity contribution in [1.82, 2.24) is 9.71 Å². The number of benzene rings is 2. The Labute approximate surface area is 201 Å². The zero-order chi connectivity index (χ0) is 24.7. The lowest BCUT2D eigenvalue weighted by Crippen LogP contribution is -2.47. The largest absolute Gasteiger partial charge is 0.486 e. The molecule has 2 aromatic carbocycles. The maximum atomic E-state index is 13.0. The van der Waals surface area contributed by atoms with Gasteiger partial charge >= 0.3 is 0 Å².